The number of guanidine groups is 1. The average Bonchev–Trinajstić information content (AvgIpc) is 3.46. The minimum absolute atomic E-state index is 0.310. The molecule has 1 amide bonds. The Balaban J connectivity index is 1.39. The second-order valence-corrected chi connectivity index (χ2v) is 9.84. The average molecular weight is 430 g/mol. The van der Waals surface area contributed by atoms with Crippen LogP contribution in [0, 0.1) is 5.92 Å². The zero-order valence-corrected chi connectivity index (χ0v) is 19.8. The van der Waals surface area contributed by atoms with Crippen LogP contribution < -0.4 is 10.6 Å². The first-order valence-corrected chi connectivity index (χ1v) is 11.4. The topological polar surface area (TPSA) is 69.2 Å². The molecule has 31 heavy (non-hydrogen) atoms. The number of likely N-dealkylation sites (tertiary alicyclic amines) is 1. The van der Waals surface area contributed by atoms with Gasteiger partial charge in [0.15, 0.2) is 5.96 Å². The second-order valence-electron chi connectivity index (χ2n) is 9.84. The Morgan fingerprint density at radius 1 is 1.16 bits per heavy atom. The van der Waals surface area contributed by atoms with Gasteiger partial charge in [-0.3, -0.25) is 4.99 Å². The molecule has 7 nitrogen and oxygen atoms in total. The van der Waals surface area contributed by atoms with E-state index in [2.05, 4.69) is 44.8 Å². The minimum Gasteiger partial charge on any atom is -0.444 e. The van der Waals surface area contributed by atoms with E-state index in [9.17, 15) is 4.79 Å². The standard InChI is InChI=1S/C24H39N5O2/c1-24(2,3)31-23(30)28(5)16-19-8-6-18(7-9-19)14-26-22(25-4)27-15-20-12-13-29(17-20)21-10-11-21/h6-9,20-21H,10-17H2,1-5H3,(H2,25,26,27). The lowest BCUT2D eigenvalue weighted by Gasteiger charge is -2.24. The highest BCUT2D eigenvalue weighted by atomic mass is 16.6. The molecule has 0 spiro atoms. The zero-order valence-electron chi connectivity index (χ0n) is 19.8. The number of hydrogen-bond acceptors (Lipinski definition) is 4. The Bertz CT molecular complexity index is 752. The molecular weight excluding hydrogens is 390 g/mol. The largest absolute Gasteiger partial charge is 0.444 e. The Kier molecular flexibility index (Phi) is 7.81. The van der Waals surface area contributed by atoms with Gasteiger partial charge in [-0.1, -0.05) is 24.3 Å². The van der Waals surface area contributed by atoms with E-state index in [-0.39, 0.29) is 6.09 Å². The van der Waals surface area contributed by atoms with Crippen LogP contribution in [0.3, 0.4) is 0 Å². The molecule has 1 atom stereocenters. The Morgan fingerprint density at radius 2 is 1.84 bits per heavy atom. The van der Waals surface area contributed by atoms with E-state index < -0.39 is 5.60 Å². The summed E-state index contributed by atoms with van der Waals surface area (Å²) in [7, 11) is 3.57. The number of amides is 1. The van der Waals surface area contributed by atoms with Crippen LogP contribution in [0.15, 0.2) is 29.3 Å². The summed E-state index contributed by atoms with van der Waals surface area (Å²) in [4.78, 5) is 20.7. The van der Waals surface area contributed by atoms with Crippen LogP contribution in [0.5, 0.6) is 0 Å². The number of aliphatic imine (C=N–C) groups is 1. The van der Waals surface area contributed by atoms with Crippen molar-refractivity contribution >= 4 is 12.1 Å². The molecule has 1 aliphatic carbocycles. The van der Waals surface area contributed by atoms with Gasteiger partial charge in [-0.15, -0.1) is 0 Å². The van der Waals surface area contributed by atoms with E-state index in [0.717, 1.165) is 24.1 Å². The molecule has 1 aromatic carbocycles. The maximum Gasteiger partial charge on any atom is 0.410 e. The smallest absolute Gasteiger partial charge is 0.410 e. The molecule has 2 fully saturated rings. The number of carbonyl (C=O) groups excluding carboxylic acids is 1. The zero-order chi connectivity index (χ0) is 22.4. The molecule has 7 heteroatoms. The lowest BCUT2D eigenvalue weighted by Crippen LogP contribution is -2.40. The van der Waals surface area contributed by atoms with Gasteiger partial charge in [0, 0.05) is 46.3 Å². The molecule has 1 unspecified atom stereocenters. The first-order chi connectivity index (χ1) is 14.7. The monoisotopic (exact) mass is 429 g/mol. The first-order valence-electron chi connectivity index (χ1n) is 11.4. The van der Waals surface area contributed by atoms with Gasteiger partial charge in [0.05, 0.1) is 0 Å². The second kappa shape index (κ2) is 10.4. The number of ether oxygens (including phenoxy) is 1. The van der Waals surface area contributed by atoms with Crippen molar-refractivity contribution in [3.8, 4) is 0 Å². The molecule has 1 aromatic rings. The van der Waals surface area contributed by atoms with Crippen LogP contribution in [0.25, 0.3) is 0 Å². The van der Waals surface area contributed by atoms with E-state index >= 15 is 0 Å². The van der Waals surface area contributed by atoms with E-state index in [0.29, 0.717) is 19.0 Å². The maximum atomic E-state index is 12.1. The molecular formula is C24H39N5O2. The van der Waals surface area contributed by atoms with Crippen LogP contribution in [0.4, 0.5) is 4.79 Å². The van der Waals surface area contributed by atoms with Gasteiger partial charge in [-0.2, -0.15) is 0 Å². The van der Waals surface area contributed by atoms with Crippen LogP contribution in [0.1, 0.15) is 51.2 Å². The summed E-state index contributed by atoms with van der Waals surface area (Å²) < 4.78 is 5.41. The molecule has 2 aliphatic rings. The van der Waals surface area contributed by atoms with Gasteiger partial charge < -0.3 is 25.2 Å². The lowest BCUT2D eigenvalue weighted by molar-refractivity contribution is 0.0285. The minimum atomic E-state index is -0.484. The number of rotatable bonds is 7. The molecule has 172 valence electrons. The van der Waals surface area contributed by atoms with Crippen molar-refractivity contribution in [1.82, 2.24) is 20.4 Å². The predicted octanol–water partition coefficient (Wildman–Crippen LogP) is 3.20. The third-order valence-electron chi connectivity index (χ3n) is 5.77. The summed E-state index contributed by atoms with van der Waals surface area (Å²) in [6.07, 6.45) is 3.74. The van der Waals surface area contributed by atoms with Gasteiger partial charge in [-0.05, 0) is 63.6 Å². The van der Waals surface area contributed by atoms with Gasteiger partial charge in [0.1, 0.15) is 5.60 Å². The summed E-state index contributed by atoms with van der Waals surface area (Å²) in [6.45, 7) is 10.3. The third kappa shape index (κ3) is 7.73. The first kappa shape index (κ1) is 23.4. The predicted molar refractivity (Wildman–Crippen MR) is 125 cm³/mol. The number of nitrogens with one attached hydrogen (secondary N) is 2. The number of nitrogens with zero attached hydrogens (tertiary/aromatic N) is 3. The third-order valence-corrected chi connectivity index (χ3v) is 5.77. The van der Waals surface area contributed by atoms with Crippen LogP contribution in [-0.2, 0) is 17.8 Å². The van der Waals surface area contributed by atoms with Gasteiger partial charge in [0.2, 0.25) is 0 Å². The van der Waals surface area contributed by atoms with Crippen molar-refractivity contribution in [3.63, 3.8) is 0 Å². The SMILES string of the molecule is CN=C(NCc1ccc(CN(C)C(=O)OC(C)(C)C)cc1)NCC1CCN(C2CC2)C1. The van der Waals surface area contributed by atoms with Gasteiger partial charge in [-0.25, -0.2) is 4.79 Å². The van der Waals surface area contributed by atoms with E-state index in [1.165, 1.54) is 37.9 Å². The number of carbonyl (C=O) groups is 1. The van der Waals surface area contributed by atoms with Crippen LogP contribution in [0.2, 0.25) is 0 Å². The van der Waals surface area contributed by atoms with Crippen LogP contribution >= 0.6 is 0 Å². The molecule has 1 saturated carbocycles. The summed E-state index contributed by atoms with van der Waals surface area (Å²) in [5.41, 5.74) is 1.76. The molecule has 2 N–H and O–H groups in total. The van der Waals surface area contributed by atoms with Crippen molar-refractivity contribution in [2.24, 2.45) is 10.9 Å². The lowest BCUT2D eigenvalue weighted by atomic mass is 10.1. The van der Waals surface area contributed by atoms with Crippen molar-refractivity contribution in [2.75, 3.05) is 33.7 Å². The molecule has 1 saturated heterocycles. The maximum absolute atomic E-state index is 12.1. The molecule has 0 radical (unpaired) electrons. The highest BCUT2D eigenvalue weighted by Crippen LogP contribution is 2.31. The fourth-order valence-electron chi connectivity index (χ4n) is 3.89. The highest BCUT2D eigenvalue weighted by Gasteiger charge is 2.34. The number of benzene rings is 1. The molecule has 0 aromatic heterocycles. The van der Waals surface area contributed by atoms with E-state index in [1.54, 1.807) is 11.9 Å². The summed E-state index contributed by atoms with van der Waals surface area (Å²) in [6, 6.07) is 9.15. The van der Waals surface area contributed by atoms with Crippen molar-refractivity contribution in [2.45, 2.75) is 64.8 Å². The summed E-state index contributed by atoms with van der Waals surface area (Å²) in [5.74, 6) is 1.55. The quantitative estimate of drug-likeness (QED) is 0.515. The molecule has 1 heterocycles. The summed E-state index contributed by atoms with van der Waals surface area (Å²) >= 11 is 0. The molecule has 1 aliphatic heterocycles. The van der Waals surface area contributed by atoms with Crippen molar-refractivity contribution in [3.05, 3.63) is 35.4 Å². The van der Waals surface area contributed by atoms with Crippen molar-refractivity contribution < 1.29 is 9.53 Å². The van der Waals surface area contributed by atoms with Crippen LogP contribution in [-0.4, -0.2) is 67.2 Å². The fraction of sp³-hybridized carbons (Fsp3) is 0.667. The Morgan fingerprint density at radius 3 is 2.45 bits per heavy atom. The van der Waals surface area contributed by atoms with Gasteiger partial charge in [0.25, 0.3) is 0 Å². The normalized spacial score (nSPS) is 19.9. The Labute approximate surface area is 187 Å². The van der Waals surface area contributed by atoms with Gasteiger partial charge >= 0.3 is 6.09 Å². The van der Waals surface area contributed by atoms with E-state index in [1.807, 2.05) is 27.8 Å². The molecule has 0 bridgehead atoms. The highest BCUT2D eigenvalue weighted by molar-refractivity contribution is 5.79. The molecule has 3 rings (SSSR count). The fourth-order valence-corrected chi connectivity index (χ4v) is 3.89. The Hall–Kier alpha value is -2.28. The van der Waals surface area contributed by atoms with E-state index in [4.69, 9.17) is 4.74 Å². The summed E-state index contributed by atoms with van der Waals surface area (Å²) in [5, 5.41) is 6.89. The number of hydrogen-bond donors (Lipinski definition) is 2. The van der Waals surface area contributed by atoms with Crippen molar-refractivity contribution in [1.29, 1.82) is 0 Å².